The van der Waals surface area contributed by atoms with Gasteiger partial charge in [-0.15, -0.1) is 0 Å². The molecule has 6 nitrogen and oxygen atoms in total. The van der Waals surface area contributed by atoms with Crippen molar-refractivity contribution in [2.45, 2.75) is 39.3 Å². The number of esters is 1. The van der Waals surface area contributed by atoms with E-state index in [1.54, 1.807) is 13.0 Å². The first-order chi connectivity index (χ1) is 15.9. The molecule has 1 amide bonds. The highest BCUT2D eigenvalue weighted by molar-refractivity contribution is 9.10. The number of para-hydroxylation sites is 1. The number of ether oxygens (including phenoxy) is 1. The third-order valence-electron chi connectivity index (χ3n) is 5.88. The Hall–Kier alpha value is -2.84. The van der Waals surface area contributed by atoms with E-state index in [9.17, 15) is 14.0 Å². The van der Waals surface area contributed by atoms with E-state index in [1.165, 1.54) is 12.1 Å². The fourth-order valence-electron chi connectivity index (χ4n) is 4.06. The fourth-order valence-corrected chi connectivity index (χ4v) is 4.40. The van der Waals surface area contributed by atoms with E-state index < -0.39 is 23.8 Å². The van der Waals surface area contributed by atoms with Crippen molar-refractivity contribution >= 4 is 44.4 Å². The number of anilines is 1. The van der Waals surface area contributed by atoms with E-state index in [-0.39, 0.29) is 12.1 Å². The van der Waals surface area contributed by atoms with Crippen molar-refractivity contribution in [1.29, 1.82) is 0 Å². The summed E-state index contributed by atoms with van der Waals surface area (Å²) in [5.74, 6) is -1.72. The highest BCUT2D eigenvalue weighted by atomic mass is 79.9. The van der Waals surface area contributed by atoms with Crippen molar-refractivity contribution in [3.63, 3.8) is 0 Å². The summed E-state index contributed by atoms with van der Waals surface area (Å²) in [6.45, 7) is 6.16. The number of likely N-dealkylation sites (N-methyl/N-ethyl adjacent to an activating group) is 1. The Morgan fingerprint density at radius 1 is 1.24 bits per heavy atom. The molecule has 2 aromatic carbocycles. The number of carbonyl (C=O) groups excluding carboxylic acids is 2. The first kappa shape index (κ1) is 23.3. The van der Waals surface area contributed by atoms with Gasteiger partial charge < -0.3 is 10.1 Å². The van der Waals surface area contributed by atoms with Crippen LogP contribution < -0.4 is 5.32 Å². The number of carbonyl (C=O) groups is 2. The van der Waals surface area contributed by atoms with Crippen LogP contribution in [0.2, 0.25) is 0 Å². The maximum absolute atomic E-state index is 14.2. The molecule has 4 rings (SSSR count). The lowest BCUT2D eigenvalue weighted by molar-refractivity contribution is -0.124. The Bertz CT molecular complexity index is 1220. The fraction of sp³-hybridized carbons (Fsp3) is 0.320. The summed E-state index contributed by atoms with van der Waals surface area (Å²) in [7, 11) is 0. The molecule has 1 unspecified atom stereocenters. The van der Waals surface area contributed by atoms with Gasteiger partial charge in [0.2, 0.25) is 0 Å². The molecule has 33 heavy (non-hydrogen) atoms. The van der Waals surface area contributed by atoms with Crippen molar-refractivity contribution in [1.82, 2.24) is 9.88 Å². The lowest BCUT2D eigenvalue weighted by Gasteiger charge is -2.29. The van der Waals surface area contributed by atoms with Crippen LogP contribution in [0.15, 0.2) is 46.9 Å². The predicted octanol–water partition coefficient (Wildman–Crippen LogP) is 5.09. The van der Waals surface area contributed by atoms with Crippen LogP contribution in [-0.2, 0) is 22.5 Å². The van der Waals surface area contributed by atoms with E-state index in [2.05, 4.69) is 33.1 Å². The Morgan fingerprint density at radius 2 is 2.03 bits per heavy atom. The molecule has 0 fully saturated rings. The topological polar surface area (TPSA) is 71.5 Å². The molecule has 1 aliphatic rings. The highest BCUT2D eigenvalue weighted by Crippen LogP contribution is 2.29. The molecule has 0 spiro atoms. The number of benzene rings is 2. The molecule has 1 aromatic heterocycles. The number of hydrogen-bond acceptors (Lipinski definition) is 5. The molecular weight excluding hydrogens is 489 g/mol. The van der Waals surface area contributed by atoms with Crippen LogP contribution in [0.1, 0.15) is 41.9 Å². The smallest absolute Gasteiger partial charge is 0.340 e. The number of halogens is 2. The summed E-state index contributed by atoms with van der Waals surface area (Å²) >= 11 is 3.19. The van der Waals surface area contributed by atoms with Crippen LogP contribution >= 0.6 is 15.9 Å². The summed E-state index contributed by atoms with van der Waals surface area (Å²) in [5, 5.41) is 3.23. The van der Waals surface area contributed by atoms with Gasteiger partial charge >= 0.3 is 5.97 Å². The molecule has 8 heteroatoms. The van der Waals surface area contributed by atoms with Gasteiger partial charge in [-0.2, -0.15) is 0 Å². The van der Waals surface area contributed by atoms with Crippen molar-refractivity contribution in [3.05, 3.63) is 69.6 Å². The van der Waals surface area contributed by atoms with Gasteiger partial charge in [-0.25, -0.2) is 9.18 Å². The zero-order valence-corrected chi connectivity index (χ0v) is 20.1. The second kappa shape index (κ2) is 9.97. The second-order valence-electron chi connectivity index (χ2n) is 7.96. The molecule has 1 atom stereocenters. The number of rotatable bonds is 6. The van der Waals surface area contributed by atoms with Gasteiger partial charge in [-0.05, 0) is 37.2 Å². The average Bonchev–Trinajstić information content (AvgIpc) is 2.82. The number of amides is 1. The van der Waals surface area contributed by atoms with Crippen molar-refractivity contribution in [2.75, 3.05) is 18.4 Å². The Labute approximate surface area is 200 Å². The van der Waals surface area contributed by atoms with E-state index in [0.717, 1.165) is 36.3 Å². The minimum Gasteiger partial charge on any atom is -0.449 e. The van der Waals surface area contributed by atoms with E-state index in [4.69, 9.17) is 9.72 Å². The molecule has 1 N–H and O–H groups in total. The van der Waals surface area contributed by atoms with Gasteiger partial charge in [-0.3, -0.25) is 14.7 Å². The van der Waals surface area contributed by atoms with Gasteiger partial charge in [0.05, 0.1) is 16.8 Å². The summed E-state index contributed by atoms with van der Waals surface area (Å²) < 4.78 is 20.4. The quantitative estimate of drug-likeness (QED) is 0.465. The predicted molar refractivity (Wildman–Crippen MR) is 129 cm³/mol. The lowest BCUT2D eigenvalue weighted by atomic mass is 9.95. The van der Waals surface area contributed by atoms with Crippen LogP contribution in [0.25, 0.3) is 10.9 Å². The van der Waals surface area contributed by atoms with Crippen LogP contribution in [0.5, 0.6) is 0 Å². The zero-order valence-electron chi connectivity index (χ0n) is 18.5. The summed E-state index contributed by atoms with van der Waals surface area (Å²) in [5.41, 5.74) is 2.95. The molecule has 0 saturated heterocycles. The first-order valence-corrected chi connectivity index (χ1v) is 11.8. The van der Waals surface area contributed by atoms with E-state index in [1.807, 2.05) is 24.3 Å². The van der Waals surface area contributed by atoms with Crippen molar-refractivity contribution in [3.8, 4) is 0 Å². The molecule has 0 radical (unpaired) electrons. The molecular formula is C25H25BrFN3O3. The number of hydrogen-bond donors (Lipinski definition) is 1. The maximum Gasteiger partial charge on any atom is 0.340 e. The number of aromatic nitrogens is 1. The van der Waals surface area contributed by atoms with Gasteiger partial charge in [-0.1, -0.05) is 48.0 Å². The number of nitrogens with zero attached hydrogens (tertiary/aromatic N) is 2. The Morgan fingerprint density at radius 3 is 2.76 bits per heavy atom. The molecule has 0 bridgehead atoms. The van der Waals surface area contributed by atoms with Crippen molar-refractivity contribution in [2.24, 2.45) is 0 Å². The molecule has 3 aromatic rings. The molecule has 0 aliphatic carbocycles. The lowest BCUT2D eigenvalue weighted by Crippen LogP contribution is -2.35. The molecule has 0 saturated carbocycles. The van der Waals surface area contributed by atoms with E-state index >= 15 is 0 Å². The Balaban J connectivity index is 1.64. The van der Waals surface area contributed by atoms with Crippen molar-refractivity contribution < 1.29 is 18.7 Å². The monoisotopic (exact) mass is 513 g/mol. The third kappa shape index (κ3) is 4.91. The van der Waals surface area contributed by atoms with E-state index in [0.29, 0.717) is 22.0 Å². The summed E-state index contributed by atoms with van der Waals surface area (Å²) in [4.78, 5) is 33.3. The highest BCUT2D eigenvalue weighted by Gasteiger charge is 2.29. The minimum absolute atomic E-state index is 0.0306. The second-order valence-corrected chi connectivity index (χ2v) is 8.88. The van der Waals surface area contributed by atoms with Crippen LogP contribution in [-0.4, -0.2) is 41.0 Å². The Kier molecular flexibility index (Phi) is 7.05. The number of fused-ring (bicyclic) bond motifs is 2. The summed E-state index contributed by atoms with van der Waals surface area (Å²) in [6.07, 6.45) is -0.0643. The molecule has 1 aliphatic heterocycles. The maximum atomic E-state index is 14.2. The van der Waals surface area contributed by atoms with Gasteiger partial charge in [0.1, 0.15) is 5.82 Å². The normalized spacial score (nSPS) is 14.5. The van der Waals surface area contributed by atoms with Gasteiger partial charge in [0, 0.05) is 40.6 Å². The SMILES string of the molecule is CCC(OC(=O)c1c2c(nc3ccccc13)CCN(CC)C2)C(=O)Nc1ccc(Br)cc1F. The summed E-state index contributed by atoms with van der Waals surface area (Å²) in [6, 6.07) is 11.8. The minimum atomic E-state index is -1.06. The van der Waals surface area contributed by atoms with Gasteiger partial charge in [0.15, 0.2) is 6.10 Å². The van der Waals surface area contributed by atoms with Crippen LogP contribution in [0, 0.1) is 5.82 Å². The third-order valence-corrected chi connectivity index (χ3v) is 6.37. The standard InChI is InChI=1S/C25H25BrFN3O3/c1-3-22(24(31)29-21-10-9-15(26)13-18(21)27)33-25(32)23-16-7-5-6-8-19(16)28-20-11-12-30(4-2)14-17(20)23/h5-10,13,22H,3-4,11-12,14H2,1-2H3,(H,29,31). The number of nitrogens with one attached hydrogen (secondary N) is 1. The van der Waals surface area contributed by atoms with Gasteiger partial charge in [0.25, 0.3) is 5.91 Å². The first-order valence-electron chi connectivity index (χ1n) is 11.0. The largest absolute Gasteiger partial charge is 0.449 e. The van der Waals surface area contributed by atoms with Crippen LogP contribution in [0.4, 0.5) is 10.1 Å². The molecule has 2 heterocycles. The number of pyridine rings is 1. The zero-order chi connectivity index (χ0) is 23.5. The average molecular weight is 514 g/mol. The molecule has 172 valence electrons. The van der Waals surface area contributed by atoms with Crippen LogP contribution in [0.3, 0.4) is 0 Å².